The molecule has 0 aliphatic rings. The van der Waals surface area contributed by atoms with Gasteiger partial charge in [-0.25, -0.2) is 0 Å². The minimum Gasteiger partial charge on any atom is -0.412 e. The molecule has 0 saturated carbocycles. The summed E-state index contributed by atoms with van der Waals surface area (Å²) < 4.78 is 0. The van der Waals surface area contributed by atoms with Gasteiger partial charge in [0.15, 0.2) is 0 Å². The van der Waals surface area contributed by atoms with Gasteiger partial charge in [0, 0.05) is 0 Å². The maximum Gasteiger partial charge on any atom is 0.0576 e. The topological polar surface area (TPSA) is 43.5 Å². The lowest BCUT2D eigenvalue weighted by Gasteiger charge is -2.20. The van der Waals surface area contributed by atoms with Gasteiger partial charge in [-0.2, -0.15) is 0 Å². The van der Waals surface area contributed by atoms with Crippen molar-refractivity contribution in [3.63, 3.8) is 0 Å². The molecule has 2 aromatic carbocycles. The third-order valence-corrected chi connectivity index (χ3v) is 5.64. The number of hydrogen-bond donors (Lipinski definition) is 1. The number of rotatable bonds is 16. The molecule has 0 radical (unpaired) electrons. The molecule has 0 spiro atoms. The lowest BCUT2D eigenvalue weighted by molar-refractivity contribution is 0.524. The lowest BCUT2D eigenvalue weighted by atomic mass is 9.98. The summed E-state index contributed by atoms with van der Waals surface area (Å²) in [4.78, 5) is 0. The molecular weight excluding hydrogens is 354 g/mol. The molecule has 0 fully saturated rings. The van der Waals surface area contributed by atoms with Crippen LogP contribution in [0.3, 0.4) is 0 Å². The van der Waals surface area contributed by atoms with Gasteiger partial charge in [-0.05, 0) is 24.1 Å². The van der Waals surface area contributed by atoms with Crippen molar-refractivity contribution in [1.82, 2.24) is 5.32 Å². The van der Waals surface area contributed by atoms with Gasteiger partial charge in [-0.1, -0.05) is 138 Å². The van der Waals surface area contributed by atoms with Gasteiger partial charge in [-0.15, -0.1) is 0 Å². The highest BCUT2D eigenvalue weighted by Crippen LogP contribution is 2.21. The maximum absolute atomic E-state index is 3.79. The highest BCUT2D eigenvalue weighted by atomic mass is 16.0. The van der Waals surface area contributed by atoms with E-state index in [4.69, 9.17) is 0 Å². The first kappa shape index (κ1) is 25.4. The smallest absolute Gasteiger partial charge is 0.0576 e. The fraction of sp³-hybridized carbons (Fsp3) is 0.556. The number of nitrogens with one attached hydrogen (secondary N) is 1. The van der Waals surface area contributed by atoms with Crippen LogP contribution in [-0.4, -0.2) is 12.0 Å². The van der Waals surface area contributed by atoms with Crippen LogP contribution < -0.4 is 5.32 Å². The van der Waals surface area contributed by atoms with Crippen LogP contribution in [0, 0.1) is 0 Å². The first-order valence-corrected chi connectivity index (χ1v) is 11.7. The van der Waals surface area contributed by atoms with Gasteiger partial charge in [-0.3, -0.25) is 0 Å². The molecule has 0 saturated heterocycles. The van der Waals surface area contributed by atoms with E-state index in [1.54, 1.807) is 0 Å². The van der Waals surface area contributed by atoms with E-state index in [1.165, 1.54) is 88.2 Å². The molecule has 0 atom stereocenters. The van der Waals surface area contributed by atoms with Gasteiger partial charge >= 0.3 is 0 Å². The van der Waals surface area contributed by atoms with Crippen LogP contribution in [0.1, 0.15) is 101 Å². The van der Waals surface area contributed by atoms with Crippen molar-refractivity contribution >= 4 is 0 Å². The Morgan fingerprint density at radius 2 is 0.931 bits per heavy atom. The third-order valence-electron chi connectivity index (χ3n) is 5.64. The molecule has 2 aromatic rings. The highest BCUT2D eigenvalue weighted by molar-refractivity contribution is 5.31. The van der Waals surface area contributed by atoms with Crippen molar-refractivity contribution in [3.05, 3.63) is 71.8 Å². The van der Waals surface area contributed by atoms with Gasteiger partial charge < -0.3 is 10.8 Å². The Kier molecular flexibility index (Phi) is 15.1. The van der Waals surface area contributed by atoms with Crippen molar-refractivity contribution in [2.75, 3.05) is 6.54 Å². The largest absolute Gasteiger partial charge is 0.412 e. The van der Waals surface area contributed by atoms with E-state index in [-0.39, 0.29) is 5.48 Å². The predicted molar refractivity (Wildman–Crippen MR) is 127 cm³/mol. The normalized spacial score (nSPS) is 10.8. The minimum absolute atomic E-state index is 0. The molecule has 0 aliphatic heterocycles. The zero-order chi connectivity index (χ0) is 19.7. The predicted octanol–water partition coefficient (Wildman–Crippen LogP) is 7.24. The van der Waals surface area contributed by atoms with E-state index in [2.05, 4.69) is 72.9 Å². The molecule has 29 heavy (non-hydrogen) atoms. The summed E-state index contributed by atoms with van der Waals surface area (Å²) in [5, 5.41) is 3.79. The SMILES string of the molecule is CCCCCCCCCCCCCCNC(c1ccccc1)c1ccccc1.O. The summed E-state index contributed by atoms with van der Waals surface area (Å²) in [5.41, 5.74) is 2.71. The Labute approximate surface area is 179 Å². The second-order valence-electron chi connectivity index (χ2n) is 8.10. The zero-order valence-corrected chi connectivity index (χ0v) is 18.5. The average molecular weight is 398 g/mol. The van der Waals surface area contributed by atoms with Gasteiger partial charge in [0.2, 0.25) is 0 Å². The molecule has 2 nitrogen and oxygen atoms in total. The van der Waals surface area contributed by atoms with Crippen molar-refractivity contribution in [2.45, 2.75) is 90.0 Å². The van der Waals surface area contributed by atoms with Crippen molar-refractivity contribution in [3.8, 4) is 0 Å². The molecule has 3 N–H and O–H groups in total. The van der Waals surface area contributed by atoms with E-state index in [1.807, 2.05) is 0 Å². The minimum atomic E-state index is 0. The van der Waals surface area contributed by atoms with Crippen molar-refractivity contribution in [2.24, 2.45) is 0 Å². The van der Waals surface area contributed by atoms with Crippen LogP contribution in [0.5, 0.6) is 0 Å². The van der Waals surface area contributed by atoms with Crippen LogP contribution in [0.15, 0.2) is 60.7 Å². The summed E-state index contributed by atoms with van der Waals surface area (Å²) in [7, 11) is 0. The number of benzene rings is 2. The molecule has 0 amide bonds. The number of unbranched alkanes of at least 4 members (excludes halogenated alkanes) is 11. The van der Waals surface area contributed by atoms with Crippen LogP contribution in [0.25, 0.3) is 0 Å². The Morgan fingerprint density at radius 1 is 0.552 bits per heavy atom. The molecule has 162 valence electrons. The van der Waals surface area contributed by atoms with E-state index < -0.39 is 0 Å². The molecule has 0 bridgehead atoms. The zero-order valence-electron chi connectivity index (χ0n) is 18.5. The molecule has 0 aromatic heterocycles. The highest BCUT2D eigenvalue weighted by Gasteiger charge is 2.12. The molecule has 2 rings (SSSR count). The molecule has 2 heteroatoms. The van der Waals surface area contributed by atoms with E-state index in [0.717, 1.165) is 6.54 Å². The fourth-order valence-electron chi connectivity index (χ4n) is 3.93. The summed E-state index contributed by atoms with van der Waals surface area (Å²) in [6, 6.07) is 21.9. The average Bonchev–Trinajstić information content (AvgIpc) is 2.75. The van der Waals surface area contributed by atoms with Gasteiger partial charge in [0.05, 0.1) is 6.04 Å². The van der Waals surface area contributed by atoms with E-state index >= 15 is 0 Å². The van der Waals surface area contributed by atoms with Crippen molar-refractivity contribution < 1.29 is 5.48 Å². The molecule has 0 unspecified atom stereocenters. The van der Waals surface area contributed by atoms with Crippen LogP contribution in [0.4, 0.5) is 0 Å². The van der Waals surface area contributed by atoms with Gasteiger partial charge in [0.1, 0.15) is 0 Å². The summed E-state index contributed by atoms with van der Waals surface area (Å²) >= 11 is 0. The van der Waals surface area contributed by atoms with Crippen LogP contribution in [-0.2, 0) is 0 Å². The quantitative estimate of drug-likeness (QED) is 0.298. The van der Waals surface area contributed by atoms with E-state index in [0.29, 0.717) is 6.04 Å². The first-order chi connectivity index (χ1) is 13.9. The second-order valence-corrected chi connectivity index (χ2v) is 8.10. The Hall–Kier alpha value is -1.64. The first-order valence-electron chi connectivity index (χ1n) is 11.7. The summed E-state index contributed by atoms with van der Waals surface area (Å²) in [6.45, 7) is 3.38. The molecule has 0 heterocycles. The number of hydrogen-bond acceptors (Lipinski definition) is 1. The lowest BCUT2D eigenvalue weighted by Crippen LogP contribution is -2.23. The Bertz CT molecular complexity index is 545. The summed E-state index contributed by atoms with van der Waals surface area (Å²) in [6.07, 6.45) is 16.8. The van der Waals surface area contributed by atoms with E-state index in [9.17, 15) is 0 Å². The standard InChI is InChI=1S/C27H41N.H2O/c1-2-3-4-5-6-7-8-9-10-11-12-19-24-28-27(25-20-15-13-16-21-25)26-22-17-14-18-23-26;/h13-18,20-23,27-28H,2-12,19,24H2,1H3;1H2. The third kappa shape index (κ3) is 11.2. The maximum atomic E-state index is 3.79. The van der Waals surface area contributed by atoms with Crippen LogP contribution in [0.2, 0.25) is 0 Å². The van der Waals surface area contributed by atoms with Crippen LogP contribution >= 0.6 is 0 Å². The van der Waals surface area contributed by atoms with Crippen molar-refractivity contribution in [1.29, 1.82) is 0 Å². The molecule has 0 aliphatic carbocycles. The second kappa shape index (κ2) is 17.2. The monoisotopic (exact) mass is 397 g/mol. The van der Waals surface area contributed by atoms with Gasteiger partial charge in [0.25, 0.3) is 0 Å². The fourth-order valence-corrected chi connectivity index (χ4v) is 3.93. The Morgan fingerprint density at radius 3 is 1.34 bits per heavy atom. The molecular formula is C27H43NO. The Balaban J connectivity index is 0.00000420. The summed E-state index contributed by atoms with van der Waals surface area (Å²) in [5.74, 6) is 0.